The molecular formula is C53H83N5O8S. The van der Waals surface area contributed by atoms with Crippen molar-refractivity contribution in [3.63, 3.8) is 0 Å². The zero-order valence-electron chi connectivity index (χ0n) is 40.5. The number of hydrogen-bond acceptors (Lipinski definition) is 8. The van der Waals surface area contributed by atoms with Crippen LogP contribution in [0.4, 0.5) is 0 Å². The highest BCUT2D eigenvalue weighted by Gasteiger charge is 2.35. The zero-order chi connectivity index (χ0) is 47.4. The molecule has 5 amide bonds. The van der Waals surface area contributed by atoms with E-state index in [1.54, 1.807) is 0 Å². The van der Waals surface area contributed by atoms with Crippen molar-refractivity contribution in [1.82, 2.24) is 26.6 Å². The molecule has 67 heavy (non-hydrogen) atoms. The summed E-state index contributed by atoms with van der Waals surface area (Å²) in [6, 6.07) is -0.283. The second-order valence-corrected chi connectivity index (χ2v) is 22.1. The number of hydrogen-bond donors (Lipinski definition) is 6. The molecule has 5 aliphatic rings. The lowest BCUT2D eigenvalue weighted by Crippen LogP contribution is -2.58. The lowest BCUT2D eigenvalue weighted by Gasteiger charge is -2.37. The summed E-state index contributed by atoms with van der Waals surface area (Å²) >= 11 is 1.50. The van der Waals surface area contributed by atoms with Crippen LogP contribution in [0.1, 0.15) is 179 Å². The third-order valence-electron chi connectivity index (χ3n) is 15.9. The quantitative estimate of drug-likeness (QED) is 0.0591. The van der Waals surface area contributed by atoms with Crippen molar-refractivity contribution in [1.29, 1.82) is 0 Å². The van der Waals surface area contributed by atoms with Crippen LogP contribution in [-0.4, -0.2) is 84.0 Å². The van der Waals surface area contributed by atoms with E-state index in [4.69, 9.17) is 4.74 Å². The first-order valence-corrected chi connectivity index (χ1v) is 27.4. The third-order valence-corrected chi connectivity index (χ3v) is 16.8. The van der Waals surface area contributed by atoms with Crippen molar-refractivity contribution in [2.45, 2.75) is 211 Å². The topological polar surface area (TPSA) is 192 Å². The molecule has 1 aromatic rings. The monoisotopic (exact) mass is 950 g/mol. The second kappa shape index (κ2) is 28.0. The highest BCUT2D eigenvalue weighted by Crippen LogP contribution is 2.41. The molecule has 6 rings (SSSR count). The normalized spacial score (nSPS) is 25.3. The first kappa shape index (κ1) is 52.6. The van der Waals surface area contributed by atoms with E-state index in [0.717, 1.165) is 120 Å². The Bertz CT molecular complexity index is 1720. The molecule has 0 spiro atoms. The molecular weight excluding hydrogens is 867 g/mol. The van der Waals surface area contributed by atoms with E-state index in [1.165, 1.54) is 62.4 Å². The van der Waals surface area contributed by atoms with Crippen LogP contribution in [0, 0.1) is 35.5 Å². The maximum absolute atomic E-state index is 14.7. The van der Waals surface area contributed by atoms with Gasteiger partial charge in [0.2, 0.25) is 29.5 Å². The maximum Gasteiger partial charge on any atom is 0.330 e. The van der Waals surface area contributed by atoms with E-state index in [9.17, 15) is 33.9 Å². The van der Waals surface area contributed by atoms with Gasteiger partial charge in [0, 0.05) is 11.3 Å². The molecule has 5 aliphatic carbocycles. The standard InChI is InChI=1S/C53H83N5O8S/c1-36-19-27-42(28-20-36)66-35-49(60)56-47(33-43-18-11-31-67-43)52(63)58-46(32-39-21-25-41(26-22-39)40-16-9-4-10-17-40)51(62)57-44(29-23-37-12-5-2-6-13-37)50(61)54-34-48(59)55-45(53(64)65)30-24-38-14-7-3-8-15-38/h11,18,24,30-31,36-42,44-47H,2-10,12-17,19-23,25-29,32-35H2,1H3,(H,54,61)(H,55,59)(H,56,60)(H,57,62)(H,58,63)(H,64,65). The molecule has 13 nitrogen and oxygen atoms in total. The molecule has 5 fully saturated rings. The molecule has 374 valence electrons. The van der Waals surface area contributed by atoms with E-state index in [1.807, 2.05) is 23.6 Å². The molecule has 1 heterocycles. The van der Waals surface area contributed by atoms with Crippen LogP contribution in [0.15, 0.2) is 29.7 Å². The SMILES string of the molecule is CC1CCC(OCC(=O)NC(Cc2cccs2)C(=O)NC(CC2CCC(C3CCCCC3)CC2)C(=O)NC(CCC2CCCCC2)C(=O)NCC(=O)NC(C=CC2CCCCC2)C(=O)O)CC1. The van der Waals surface area contributed by atoms with Gasteiger partial charge in [-0.2, -0.15) is 0 Å². The highest BCUT2D eigenvalue weighted by atomic mass is 32.1. The number of carboxylic acids is 1. The minimum absolute atomic E-state index is 0.0141. The van der Waals surface area contributed by atoms with Crippen LogP contribution in [0.3, 0.4) is 0 Å². The van der Waals surface area contributed by atoms with Gasteiger partial charge in [-0.15, -0.1) is 11.3 Å². The summed E-state index contributed by atoms with van der Waals surface area (Å²) in [6.07, 6.45) is 30.6. The number of thiophene rings is 1. The fraction of sp³-hybridized carbons (Fsp3) is 0.774. The smallest absolute Gasteiger partial charge is 0.330 e. The average molecular weight is 950 g/mol. The Kier molecular flexibility index (Phi) is 22.0. The molecule has 6 N–H and O–H groups in total. The Hall–Kier alpha value is -3.78. The first-order chi connectivity index (χ1) is 32.5. The Morgan fingerprint density at radius 1 is 0.672 bits per heavy atom. The van der Waals surface area contributed by atoms with Crippen molar-refractivity contribution < 1.29 is 38.6 Å². The van der Waals surface area contributed by atoms with Gasteiger partial charge in [-0.1, -0.05) is 121 Å². The molecule has 14 heteroatoms. The van der Waals surface area contributed by atoms with E-state index < -0.39 is 60.3 Å². The Morgan fingerprint density at radius 2 is 1.30 bits per heavy atom. The van der Waals surface area contributed by atoms with Gasteiger partial charge < -0.3 is 36.4 Å². The Morgan fingerprint density at radius 3 is 1.96 bits per heavy atom. The summed E-state index contributed by atoms with van der Waals surface area (Å²) in [5.41, 5.74) is 0. The predicted molar refractivity (Wildman–Crippen MR) is 262 cm³/mol. The van der Waals surface area contributed by atoms with Crippen LogP contribution in [0.25, 0.3) is 0 Å². The molecule has 0 radical (unpaired) electrons. The minimum atomic E-state index is -1.23. The fourth-order valence-electron chi connectivity index (χ4n) is 11.7. The van der Waals surface area contributed by atoms with Gasteiger partial charge in [0.05, 0.1) is 12.6 Å². The fourth-order valence-corrected chi connectivity index (χ4v) is 12.5. The molecule has 0 aliphatic heterocycles. The van der Waals surface area contributed by atoms with Crippen LogP contribution in [-0.2, 0) is 39.9 Å². The molecule has 0 aromatic carbocycles. The van der Waals surface area contributed by atoms with E-state index in [-0.39, 0.29) is 36.9 Å². The van der Waals surface area contributed by atoms with Gasteiger partial charge in [-0.3, -0.25) is 24.0 Å². The van der Waals surface area contributed by atoms with Crippen molar-refractivity contribution in [2.75, 3.05) is 13.2 Å². The number of ether oxygens (including phenoxy) is 1. The van der Waals surface area contributed by atoms with Crippen molar-refractivity contribution in [3.05, 3.63) is 34.5 Å². The van der Waals surface area contributed by atoms with E-state index in [0.29, 0.717) is 30.6 Å². The molecule has 4 unspecified atom stereocenters. The zero-order valence-corrected chi connectivity index (χ0v) is 41.3. The highest BCUT2D eigenvalue weighted by molar-refractivity contribution is 7.09. The van der Waals surface area contributed by atoms with Crippen molar-refractivity contribution >= 4 is 46.8 Å². The van der Waals surface area contributed by atoms with Gasteiger partial charge in [0.15, 0.2) is 0 Å². The number of aliphatic carboxylic acids is 1. The lowest BCUT2D eigenvalue weighted by molar-refractivity contribution is -0.140. The number of rotatable bonds is 23. The summed E-state index contributed by atoms with van der Waals surface area (Å²) in [5, 5.41) is 26.1. The van der Waals surface area contributed by atoms with Crippen LogP contribution < -0.4 is 26.6 Å². The molecule has 4 atom stereocenters. The number of carboxylic acid groups (broad SMARTS) is 1. The molecule has 0 bridgehead atoms. The number of nitrogens with one attached hydrogen (secondary N) is 5. The summed E-state index contributed by atoms with van der Waals surface area (Å²) in [7, 11) is 0. The van der Waals surface area contributed by atoms with Gasteiger partial charge in [-0.25, -0.2) is 4.79 Å². The lowest BCUT2D eigenvalue weighted by atomic mass is 9.70. The number of carbonyl (C=O) groups excluding carboxylic acids is 5. The molecule has 1 aromatic heterocycles. The largest absolute Gasteiger partial charge is 0.479 e. The average Bonchev–Trinajstić information content (AvgIpc) is 3.87. The summed E-state index contributed by atoms with van der Waals surface area (Å²) in [5.74, 6) is -0.670. The molecule has 0 saturated heterocycles. The summed E-state index contributed by atoms with van der Waals surface area (Å²) in [6.45, 7) is 1.64. The molecule has 5 saturated carbocycles. The second-order valence-electron chi connectivity index (χ2n) is 21.1. The number of carbonyl (C=O) groups is 6. The number of allylic oxidation sites excluding steroid dienone is 1. The summed E-state index contributed by atoms with van der Waals surface area (Å²) in [4.78, 5) is 82.8. The van der Waals surface area contributed by atoms with Crippen molar-refractivity contribution in [3.8, 4) is 0 Å². The first-order valence-electron chi connectivity index (χ1n) is 26.5. The van der Waals surface area contributed by atoms with Crippen molar-refractivity contribution in [2.24, 2.45) is 35.5 Å². The Labute approximate surface area is 404 Å². The maximum atomic E-state index is 14.7. The summed E-state index contributed by atoms with van der Waals surface area (Å²) < 4.78 is 6.01. The Balaban J connectivity index is 1.14. The van der Waals surface area contributed by atoms with Crippen LogP contribution in [0.5, 0.6) is 0 Å². The van der Waals surface area contributed by atoms with E-state index in [2.05, 4.69) is 33.5 Å². The predicted octanol–water partition coefficient (Wildman–Crippen LogP) is 8.30. The van der Waals surface area contributed by atoms with Crippen LogP contribution in [0.2, 0.25) is 0 Å². The number of amides is 5. The van der Waals surface area contributed by atoms with Gasteiger partial charge in [0.25, 0.3) is 0 Å². The van der Waals surface area contributed by atoms with Gasteiger partial charge in [-0.05, 0) is 118 Å². The third kappa shape index (κ3) is 18.2. The van der Waals surface area contributed by atoms with Gasteiger partial charge in [0.1, 0.15) is 30.8 Å². The van der Waals surface area contributed by atoms with Crippen LogP contribution >= 0.6 is 11.3 Å². The van der Waals surface area contributed by atoms with Gasteiger partial charge >= 0.3 is 5.97 Å². The van der Waals surface area contributed by atoms with E-state index >= 15 is 0 Å². The minimum Gasteiger partial charge on any atom is -0.479 e.